The maximum atomic E-state index is 12.5. The lowest BCUT2D eigenvalue weighted by Gasteiger charge is -2.27. The largest absolute Gasteiger partial charge is 0.516 e. The highest BCUT2D eigenvalue weighted by Gasteiger charge is 2.46. The zero-order valence-electron chi connectivity index (χ0n) is 22.4. The van der Waals surface area contributed by atoms with Gasteiger partial charge in [0, 0.05) is 28.8 Å². The first-order valence-corrected chi connectivity index (χ1v) is 13.4. The van der Waals surface area contributed by atoms with Crippen LogP contribution in [-0.4, -0.2) is 30.6 Å². The van der Waals surface area contributed by atoms with Crippen LogP contribution in [0.1, 0.15) is 64.1 Å². The van der Waals surface area contributed by atoms with E-state index in [4.69, 9.17) is 9.15 Å². The lowest BCUT2D eigenvalue weighted by molar-refractivity contribution is -0.0429. The number of nitrogens with one attached hydrogen (secondary N) is 1. The lowest BCUT2D eigenvalue weighted by atomic mass is 9.78. The third-order valence-electron chi connectivity index (χ3n) is 5.88. The minimum absolute atomic E-state index is 0.205. The summed E-state index contributed by atoms with van der Waals surface area (Å²) in [4.78, 5) is 4.65. The molecule has 0 aliphatic carbocycles. The van der Waals surface area contributed by atoms with Crippen LogP contribution in [0.3, 0.4) is 0 Å². The molecular formula is C27H33F3N2O5S. The first-order valence-electron chi connectivity index (χ1n) is 12.0. The van der Waals surface area contributed by atoms with E-state index in [0.29, 0.717) is 29.5 Å². The number of anilines is 1. The second-order valence-electron chi connectivity index (χ2n) is 11.1. The molecule has 0 bridgehead atoms. The zero-order valence-corrected chi connectivity index (χ0v) is 23.3. The number of halogens is 3. The average molecular weight is 555 g/mol. The molecule has 0 atom stereocenters. The number of aromatic hydroxyl groups is 1. The Kier molecular flexibility index (Phi) is 7.85. The molecule has 2 N–H and O–H groups in total. The Balaban J connectivity index is 1.75. The minimum Gasteiger partial charge on any atom is -0.507 e. The zero-order chi connectivity index (χ0) is 28.7. The van der Waals surface area contributed by atoms with E-state index in [1.807, 2.05) is 53.7 Å². The van der Waals surface area contributed by atoms with Crippen molar-refractivity contribution < 1.29 is 35.8 Å². The summed E-state index contributed by atoms with van der Waals surface area (Å²) < 4.78 is 73.1. The van der Waals surface area contributed by atoms with Gasteiger partial charge in [-0.2, -0.15) is 21.6 Å². The number of sulfonamides is 1. The van der Waals surface area contributed by atoms with Crippen molar-refractivity contribution in [3.8, 4) is 23.0 Å². The van der Waals surface area contributed by atoms with E-state index in [2.05, 4.69) is 4.98 Å². The van der Waals surface area contributed by atoms with Gasteiger partial charge in [-0.05, 0) is 54.2 Å². The highest BCUT2D eigenvalue weighted by molar-refractivity contribution is 7.93. The van der Waals surface area contributed by atoms with Crippen molar-refractivity contribution in [2.24, 2.45) is 0 Å². The van der Waals surface area contributed by atoms with Crippen LogP contribution in [-0.2, 0) is 27.3 Å². The number of hydrogen-bond acceptors (Lipinski definition) is 6. The van der Waals surface area contributed by atoms with Crippen molar-refractivity contribution in [2.45, 2.75) is 71.2 Å². The number of rotatable bonds is 7. The standard InChI is InChI=1S/C27H33F3N2O5S/c1-16-22(12-13-36-19-10-8-18(9-11-19)32-38(34,35)27(28,29)30)31-24(37-16)17-14-20(25(2,3)4)23(33)21(15-17)26(5,6)7/h8-11,14-15,32-33H,12-13H2,1-7H3. The van der Waals surface area contributed by atoms with Gasteiger partial charge in [0.2, 0.25) is 5.89 Å². The summed E-state index contributed by atoms with van der Waals surface area (Å²) in [6, 6.07) is 8.89. The predicted molar refractivity (Wildman–Crippen MR) is 140 cm³/mol. The SMILES string of the molecule is Cc1oc(-c2cc(C(C)(C)C)c(O)c(C(C)(C)C)c2)nc1CCOc1ccc(NS(=O)(=O)C(F)(F)F)cc1. The number of nitrogens with zero attached hydrogens (tertiary/aromatic N) is 1. The lowest BCUT2D eigenvalue weighted by Crippen LogP contribution is -2.29. The summed E-state index contributed by atoms with van der Waals surface area (Å²) in [5.74, 6) is 1.66. The van der Waals surface area contributed by atoms with Crippen LogP contribution in [0.25, 0.3) is 11.5 Å². The molecule has 0 unspecified atom stereocenters. The first-order chi connectivity index (χ1) is 17.3. The maximum absolute atomic E-state index is 12.5. The fraction of sp³-hybridized carbons (Fsp3) is 0.444. The van der Waals surface area contributed by atoms with E-state index in [9.17, 15) is 26.7 Å². The number of ether oxygens (including phenoxy) is 1. The van der Waals surface area contributed by atoms with Gasteiger partial charge >= 0.3 is 15.5 Å². The topological polar surface area (TPSA) is 102 Å². The number of aryl methyl sites for hydroxylation is 1. The molecule has 0 spiro atoms. The molecule has 0 aliphatic heterocycles. The maximum Gasteiger partial charge on any atom is 0.516 e. The molecule has 1 heterocycles. The van der Waals surface area contributed by atoms with Crippen LogP contribution < -0.4 is 9.46 Å². The second kappa shape index (κ2) is 10.2. The molecule has 0 saturated heterocycles. The van der Waals surface area contributed by atoms with Gasteiger partial charge in [-0.3, -0.25) is 4.72 Å². The summed E-state index contributed by atoms with van der Waals surface area (Å²) in [6.07, 6.45) is 0.397. The van der Waals surface area contributed by atoms with Crippen LogP contribution in [0.15, 0.2) is 40.8 Å². The van der Waals surface area contributed by atoms with E-state index in [0.717, 1.165) is 16.7 Å². The van der Waals surface area contributed by atoms with Gasteiger partial charge in [-0.15, -0.1) is 0 Å². The Morgan fingerprint density at radius 1 is 0.974 bits per heavy atom. The number of alkyl halides is 3. The Morgan fingerprint density at radius 3 is 1.97 bits per heavy atom. The third kappa shape index (κ3) is 6.61. The molecule has 0 amide bonds. The Labute approximate surface area is 221 Å². The second-order valence-corrected chi connectivity index (χ2v) is 12.8. The highest BCUT2D eigenvalue weighted by atomic mass is 32.2. The minimum atomic E-state index is -5.49. The molecule has 0 saturated carbocycles. The number of phenols is 1. The molecule has 208 valence electrons. The van der Waals surface area contributed by atoms with Crippen LogP contribution in [0, 0.1) is 6.92 Å². The smallest absolute Gasteiger partial charge is 0.507 e. The van der Waals surface area contributed by atoms with Gasteiger partial charge < -0.3 is 14.3 Å². The van der Waals surface area contributed by atoms with E-state index in [-0.39, 0.29) is 28.9 Å². The molecule has 3 aromatic rings. The average Bonchev–Trinajstić information content (AvgIpc) is 3.13. The van der Waals surface area contributed by atoms with Crippen molar-refractivity contribution in [2.75, 3.05) is 11.3 Å². The fourth-order valence-corrected chi connectivity index (χ4v) is 4.34. The summed E-state index contributed by atoms with van der Waals surface area (Å²) in [7, 11) is -5.49. The molecule has 1 aromatic heterocycles. The highest BCUT2D eigenvalue weighted by Crippen LogP contribution is 2.42. The van der Waals surface area contributed by atoms with Crippen molar-refractivity contribution in [3.05, 3.63) is 59.0 Å². The summed E-state index contributed by atoms with van der Waals surface area (Å²) in [5.41, 5.74) is -3.23. The Bertz CT molecular complexity index is 1360. The van der Waals surface area contributed by atoms with E-state index < -0.39 is 15.5 Å². The Hall–Kier alpha value is -3.21. The Morgan fingerprint density at radius 2 is 1.50 bits per heavy atom. The summed E-state index contributed by atoms with van der Waals surface area (Å²) in [6.45, 7) is 14.2. The van der Waals surface area contributed by atoms with Gasteiger partial charge in [0.15, 0.2) is 0 Å². The number of aromatic nitrogens is 1. The van der Waals surface area contributed by atoms with Crippen LogP contribution >= 0.6 is 0 Å². The number of benzene rings is 2. The number of oxazole rings is 1. The van der Waals surface area contributed by atoms with E-state index in [1.165, 1.54) is 29.0 Å². The summed E-state index contributed by atoms with van der Waals surface area (Å²) in [5, 5.41) is 11.0. The fourth-order valence-electron chi connectivity index (χ4n) is 3.78. The van der Waals surface area contributed by atoms with Crippen molar-refractivity contribution in [1.82, 2.24) is 4.98 Å². The summed E-state index contributed by atoms with van der Waals surface area (Å²) >= 11 is 0. The molecule has 0 fully saturated rings. The van der Waals surface area contributed by atoms with Gasteiger partial charge in [0.1, 0.15) is 17.3 Å². The van der Waals surface area contributed by atoms with E-state index in [1.54, 1.807) is 6.92 Å². The molecule has 0 aliphatic rings. The van der Waals surface area contributed by atoms with Crippen molar-refractivity contribution >= 4 is 15.7 Å². The molecule has 7 nitrogen and oxygen atoms in total. The predicted octanol–water partition coefficient (Wildman–Crippen LogP) is 6.83. The van der Waals surface area contributed by atoms with Crippen molar-refractivity contribution in [3.63, 3.8) is 0 Å². The first kappa shape index (κ1) is 29.3. The van der Waals surface area contributed by atoms with Gasteiger partial charge in [-0.25, -0.2) is 4.98 Å². The molecule has 0 radical (unpaired) electrons. The molecule has 11 heteroatoms. The van der Waals surface area contributed by atoms with Gasteiger partial charge in [0.25, 0.3) is 0 Å². The van der Waals surface area contributed by atoms with Crippen LogP contribution in [0.5, 0.6) is 11.5 Å². The normalized spacial score (nSPS) is 13.0. The number of hydrogen-bond donors (Lipinski definition) is 2. The molecule has 2 aromatic carbocycles. The quantitative estimate of drug-likeness (QED) is 0.332. The molecule has 3 rings (SSSR count). The molecule has 38 heavy (non-hydrogen) atoms. The monoisotopic (exact) mass is 554 g/mol. The third-order valence-corrected chi connectivity index (χ3v) is 7.00. The van der Waals surface area contributed by atoms with Gasteiger partial charge in [-0.1, -0.05) is 41.5 Å². The van der Waals surface area contributed by atoms with Crippen LogP contribution in [0.2, 0.25) is 0 Å². The molecular weight excluding hydrogens is 521 g/mol. The van der Waals surface area contributed by atoms with Crippen LogP contribution in [0.4, 0.5) is 18.9 Å². The number of phenolic OH excluding ortho intramolecular Hbond substituents is 1. The van der Waals surface area contributed by atoms with Crippen molar-refractivity contribution in [1.29, 1.82) is 0 Å². The van der Waals surface area contributed by atoms with Gasteiger partial charge in [0.05, 0.1) is 12.3 Å². The van der Waals surface area contributed by atoms with E-state index >= 15 is 0 Å².